The zero-order chi connectivity index (χ0) is 33.9. The summed E-state index contributed by atoms with van der Waals surface area (Å²) < 4.78 is 80.6. The highest BCUT2D eigenvalue weighted by Gasteiger charge is 2.38. The second-order valence-electron chi connectivity index (χ2n) is 9.81. The molecule has 0 atom stereocenters. The van der Waals surface area contributed by atoms with E-state index in [-0.39, 0.29) is 34.3 Å². The smallest absolute Gasteiger partial charge is 0.475 e. The van der Waals surface area contributed by atoms with Crippen LogP contribution in [-0.4, -0.2) is 63.7 Å². The van der Waals surface area contributed by atoms with Gasteiger partial charge in [0.2, 0.25) is 5.91 Å². The van der Waals surface area contributed by atoms with Gasteiger partial charge in [-0.25, -0.2) is 17.6 Å². The number of hydrogen-bond donors (Lipinski definition) is 5. The van der Waals surface area contributed by atoms with Gasteiger partial charge in [-0.2, -0.15) is 13.2 Å². The van der Waals surface area contributed by atoms with Crippen molar-refractivity contribution in [3.8, 4) is 11.5 Å². The molecule has 2 amide bonds. The third-order valence-electron chi connectivity index (χ3n) is 6.35. The van der Waals surface area contributed by atoms with Gasteiger partial charge in [0.05, 0.1) is 17.1 Å². The number of anilines is 1. The topological polar surface area (TPSA) is 163 Å². The molecule has 0 aliphatic carbocycles. The van der Waals surface area contributed by atoms with Gasteiger partial charge in [-0.15, -0.1) is 0 Å². The van der Waals surface area contributed by atoms with E-state index in [0.717, 1.165) is 42.5 Å². The van der Waals surface area contributed by atoms with Crippen LogP contribution in [0.4, 0.5) is 23.2 Å². The Morgan fingerprint density at radius 1 is 0.957 bits per heavy atom. The predicted octanol–water partition coefficient (Wildman–Crippen LogP) is 4.66. The average molecular weight is 734 g/mol. The molecule has 5 N–H and O–H groups in total. The van der Waals surface area contributed by atoms with E-state index in [2.05, 4.69) is 36.6 Å². The normalized spacial score (nSPS) is 13.5. The number of benzene rings is 3. The third-order valence-corrected chi connectivity index (χ3v) is 8.26. The average Bonchev–Trinajstić information content (AvgIpc) is 3.01. The van der Waals surface area contributed by atoms with Crippen molar-refractivity contribution in [1.82, 2.24) is 16.0 Å². The number of aliphatic carboxylic acids is 1. The molecular formula is C29H29BrF4N4O7S. The van der Waals surface area contributed by atoms with Gasteiger partial charge in [-0.3, -0.25) is 14.3 Å². The molecule has 248 valence electrons. The summed E-state index contributed by atoms with van der Waals surface area (Å²) in [6.07, 6.45) is -3.09. The summed E-state index contributed by atoms with van der Waals surface area (Å²) in [7, 11) is -4.14. The number of halogens is 5. The summed E-state index contributed by atoms with van der Waals surface area (Å²) in [6.45, 7) is 2.24. The molecule has 0 saturated carbocycles. The molecule has 1 aliphatic heterocycles. The fourth-order valence-corrected chi connectivity index (χ4v) is 5.28. The Kier molecular flexibility index (Phi) is 12.9. The van der Waals surface area contributed by atoms with Crippen molar-refractivity contribution < 1.29 is 50.2 Å². The van der Waals surface area contributed by atoms with E-state index >= 15 is 0 Å². The van der Waals surface area contributed by atoms with Crippen molar-refractivity contribution in [2.75, 3.05) is 30.9 Å². The van der Waals surface area contributed by atoms with Gasteiger partial charge >= 0.3 is 12.1 Å². The lowest BCUT2D eigenvalue weighted by Gasteiger charge is -2.22. The molecule has 11 nitrogen and oxygen atoms in total. The highest BCUT2D eigenvalue weighted by atomic mass is 79.9. The molecule has 1 saturated heterocycles. The van der Waals surface area contributed by atoms with Crippen LogP contribution in [0.1, 0.15) is 23.2 Å². The first kappa shape index (κ1) is 36.3. The maximum atomic E-state index is 14.0. The first-order chi connectivity index (χ1) is 21.6. The SMILES string of the molecule is O=C(CNC(=O)c1ccc(S(=O)(=O)Nc2cc(F)ccc2Oc2ccc(Br)cc2)cc1)NCC1CCNCC1.O=C(O)C(F)(F)F. The zero-order valence-corrected chi connectivity index (χ0v) is 26.3. The first-order valence-electron chi connectivity index (χ1n) is 13.6. The minimum absolute atomic E-state index is 0.0877. The summed E-state index contributed by atoms with van der Waals surface area (Å²) in [5, 5.41) is 15.8. The van der Waals surface area contributed by atoms with Gasteiger partial charge in [0, 0.05) is 22.6 Å². The summed E-state index contributed by atoms with van der Waals surface area (Å²) in [5.41, 5.74) is 0.0976. The van der Waals surface area contributed by atoms with E-state index in [4.69, 9.17) is 14.6 Å². The summed E-state index contributed by atoms with van der Waals surface area (Å²) in [6, 6.07) is 15.5. The van der Waals surface area contributed by atoms with E-state index in [1.165, 1.54) is 30.3 Å². The summed E-state index contributed by atoms with van der Waals surface area (Å²) >= 11 is 3.33. The lowest BCUT2D eigenvalue weighted by atomic mass is 9.98. The van der Waals surface area contributed by atoms with Crippen molar-refractivity contribution in [2.45, 2.75) is 23.9 Å². The molecule has 1 aliphatic rings. The number of rotatable bonds is 10. The largest absolute Gasteiger partial charge is 0.490 e. The number of ether oxygens (including phenoxy) is 1. The summed E-state index contributed by atoms with van der Waals surface area (Å²) in [5.74, 6) is -3.25. The van der Waals surface area contributed by atoms with E-state index in [9.17, 15) is 35.6 Å². The van der Waals surface area contributed by atoms with Gasteiger partial charge in [-0.05, 0) is 92.5 Å². The maximum Gasteiger partial charge on any atom is 0.490 e. The van der Waals surface area contributed by atoms with Gasteiger partial charge in [0.1, 0.15) is 11.6 Å². The van der Waals surface area contributed by atoms with Gasteiger partial charge in [-0.1, -0.05) is 15.9 Å². The number of carbonyl (C=O) groups is 3. The Labute approximate surface area is 269 Å². The van der Waals surface area contributed by atoms with Crippen LogP contribution in [0.5, 0.6) is 11.5 Å². The van der Waals surface area contributed by atoms with E-state index in [1.807, 2.05) is 0 Å². The number of carboxylic acid groups (broad SMARTS) is 1. The van der Waals surface area contributed by atoms with Crippen LogP contribution >= 0.6 is 15.9 Å². The van der Waals surface area contributed by atoms with Gasteiger partial charge in [0.25, 0.3) is 15.9 Å². The van der Waals surface area contributed by atoms with Crippen molar-refractivity contribution in [3.05, 3.63) is 82.6 Å². The molecule has 1 fully saturated rings. The third kappa shape index (κ3) is 11.6. The minimum Gasteiger partial charge on any atom is -0.475 e. The number of nitrogens with one attached hydrogen (secondary N) is 4. The maximum absolute atomic E-state index is 14.0. The van der Waals surface area contributed by atoms with Gasteiger partial charge in [0.15, 0.2) is 5.75 Å². The van der Waals surface area contributed by atoms with Crippen molar-refractivity contribution in [1.29, 1.82) is 0 Å². The Balaban J connectivity index is 0.000000738. The second-order valence-corrected chi connectivity index (χ2v) is 12.4. The molecule has 0 radical (unpaired) electrons. The highest BCUT2D eigenvalue weighted by Crippen LogP contribution is 2.32. The number of piperidine rings is 1. The molecule has 3 aromatic carbocycles. The minimum atomic E-state index is -5.08. The number of hydrogen-bond acceptors (Lipinski definition) is 7. The molecule has 0 spiro atoms. The molecule has 4 rings (SSSR count). The number of carboxylic acids is 1. The molecule has 0 unspecified atom stereocenters. The van der Waals surface area contributed by atoms with Crippen molar-refractivity contribution in [3.63, 3.8) is 0 Å². The molecule has 0 aromatic heterocycles. The predicted molar refractivity (Wildman–Crippen MR) is 162 cm³/mol. The quantitative estimate of drug-likeness (QED) is 0.188. The Bertz CT molecular complexity index is 1620. The lowest BCUT2D eigenvalue weighted by Crippen LogP contribution is -2.40. The molecule has 1 heterocycles. The first-order valence-corrected chi connectivity index (χ1v) is 15.8. The van der Waals surface area contributed by atoms with Crippen LogP contribution in [-0.2, 0) is 19.6 Å². The number of amides is 2. The fourth-order valence-electron chi connectivity index (χ4n) is 3.96. The number of carbonyl (C=O) groups excluding carboxylic acids is 2. The molecule has 17 heteroatoms. The highest BCUT2D eigenvalue weighted by molar-refractivity contribution is 9.10. The molecule has 46 heavy (non-hydrogen) atoms. The molecular weight excluding hydrogens is 704 g/mol. The number of sulfonamides is 1. The lowest BCUT2D eigenvalue weighted by molar-refractivity contribution is -0.192. The Morgan fingerprint density at radius 2 is 1.57 bits per heavy atom. The summed E-state index contributed by atoms with van der Waals surface area (Å²) in [4.78, 5) is 33.3. The van der Waals surface area contributed by atoms with Gasteiger partial charge < -0.3 is 25.8 Å². The standard InChI is InChI=1S/C27H28BrFN4O5S.C2HF3O2/c28-20-3-6-22(7-4-20)38-25-10-5-21(29)15-24(25)33-39(36,37)23-8-1-19(2-9-23)27(35)32-17-26(34)31-16-18-11-13-30-14-12-18;3-2(4,5)1(6)7/h1-10,15,18,30,33H,11-14,16-17H2,(H,31,34)(H,32,35);(H,6,7). The van der Waals surface area contributed by atoms with Crippen LogP contribution in [0, 0.1) is 11.7 Å². The molecule has 0 bridgehead atoms. The monoisotopic (exact) mass is 732 g/mol. The Morgan fingerprint density at radius 3 is 2.15 bits per heavy atom. The second kappa shape index (κ2) is 16.4. The van der Waals surface area contributed by atoms with Crippen LogP contribution in [0.3, 0.4) is 0 Å². The molecule has 3 aromatic rings. The van der Waals surface area contributed by atoms with Crippen LogP contribution in [0.25, 0.3) is 0 Å². The van der Waals surface area contributed by atoms with Crippen molar-refractivity contribution in [2.24, 2.45) is 5.92 Å². The van der Waals surface area contributed by atoms with E-state index in [0.29, 0.717) is 18.2 Å². The van der Waals surface area contributed by atoms with E-state index < -0.39 is 33.9 Å². The Hall–Kier alpha value is -4.22. The van der Waals surface area contributed by atoms with Crippen molar-refractivity contribution >= 4 is 49.4 Å². The van der Waals surface area contributed by atoms with Crippen LogP contribution in [0.15, 0.2) is 76.1 Å². The fraction of sp³-hybridized carbons (Fsp3) is 0.276. The van der Waals surface area contributed by atoms with Crippen LogP contribution < -0.4 is 25.4 Å². The van der Waals surface area contributed by atoms with E-state index in [1.54, 1.807) is 24.3 Å². The van der Waals surface area contributed by atoms with Crippen LogP contribution in [0.2, 0.25) is 0 Å². The zero-order valence-electron chi connectivity index (χ0n) is 23.9. The number of alkyl halides is 3.